The van der Waals surface area contributed by atoms with E-state index in [2.05, 4.69) is 15.5 Å². The monoisotopic (exact) mass is 468 g/mol. The predicted octanol–water partition coefficient (Wildman–Crippen LogP) is 5.35. The summed E-state index contributed by atoms with van der Waals surface area (Å²) < 4.78 is 41.2. The van der Waals surface area contributed by atoms with Crippen molar-refractivity contribution in [3.8, 4) is 0 Å². The second-order valence-electron chi connectivity index (χ2n) is 7.12. The van der Waals surface area contributed by atoms with Crippen LogP contribution in [0.25, 0.3) is 11.0 Å². The third-order valence-electron chi connectivity index (χ3n) is 4.79. The number of imidazole rings is 1. The SMILES string of the molecule is O=C(CSc1nc2ccccc2n1Cc1ccccc1)N/N=C\c1ccccc1C(F)(F)F. The van der Waals surface area contributed by atoms with E-state index in [1.807, 2.05) is 59.2 Å². The largest absolute Gasteiger partial charge is 0.417 e. The van der Waals surface area contributed by atoms with Crippen molar-refractivity contribution < 1.29 is 18.0 Å². The van der Waals surface area contributed by atoms with Gasteiger partial charge in [0.05, 0.1) is 35.1 Å². The fourth-order valence-corrected chi connectivity index (χ4v) is 4.09. The molecule has 33 heavy (non-hydrogen) atoms. The summed E-state index contributed by atoms with van der Waals surface area (Å²) in [7, 11) is 0. The van der Waals surface area contributed by atoms with E-state index in [9.17, 15) is 18.0 Å². The van der Waals surface area contributed by atoms with E-state index in [0.717, 1.165) is 28.9 Å². The average molecular weight is 469 g/mol. The van der Waals surface area contributed by atoms with Crippen molar-refractivity contribution in [3.05, 3.63) is 95.6 Å². The van der Waals surface area contributed by atoms with Gasteiger partial charge in [-0.3, -0.25) is 4.79 Å². The number of aromatic nitrogens is 2. The van der Waals surface area contributed by atoms with Gasteiger partial charge in [0.15, 0.2) is 5.16 Å². The summed E-state index contributed by atoms with van der Waals surface area (Å²) in [6.07, 6.45) is -3.50. The van der Waals surface area contributed by atoms with Crippen LogP contribution in [0, 0.1) is 0 Å². The summed E-state index contributed by atoms with van der Waals surface area (Å²) in [5, 5.41) is 4.36. The van der Waals surface area contributed by atoms with Gasteiger partial charge in [-0.2, -0.15) is 18.3 Å². The van der Waals surface area contributed by atoms with Crippen molar-refractivity contribution in [2.45, 2.75) is 17.9 Å². The normalized spacial score (nSPS) is 11.8. The van der Waals surface area contributed by atoms with Crippen LogP contribution in [0.1, 0.15) is 16.7 Å². The Morgan fingerprint density at radius 1 is 1.00 bits per heavy atom. The first-order valence-electron chi connectivity index (χ1n) is 10.0. The van der Waals surface area contributed by atoms with Crippen molar-refractivity contribution in [2.24, 2.45) is 5.10 Å². The molecule has 0 spiro atoms. The first kappa shape index (κ1) is 22.6. The molecule has 0 bridgehead atoms. The van der Waals surface area contributed by atoms with Crippen molar-refractivity contribution in [1.29, 1.82) is 0 Å². The van der Waals surface area contributed by atoms with Gasteiger partial charge in [-0.15, -0.1) is 0 Å². The molecule has 3 aromatic carbocycles. The molecule has 0 saturated heterocycles. The Hall–Kier alpha value is -3.59. The minimum absolute atomic E-state index is 0.0103. The van der Waals surface area contributed by atoms with Gasteiger partial charge in [0.25, 0.3) is 5.91 Å². The van der Waals surface area contributed by atoms with Gasteiger partial charge in [-0.25, -0.2) is 10.4 Å². The van der Waals surface area contributed by atoms with E-state index in [1.54, 1.807) is 0 Å². The molecule has 0 aliphatic rings. The van der Waals surface area contributed by atoms with Crippen LogP contribution in [0.15, 0.2) is 89.1 Å². The fraction of sp³-hybridized carbons (Fsp3) is 0.125. The summed E-state index contributed by atoms with van der Waals surface area (Å²) in [4.78, 5) is 16.9. The summed E-state index contributed by atoms with van der Waals surface area (Å²) in [5.41, 5.74) is 4.22. The molecule has 9 heteroatoms. The maximum absolute atomic E-state index is 13.1. The third kappa shape index (κ3) is 5.61. The lowest BCUT2D eigenvalue weighted by Gasteiger charge is -2.09. The number of fused-ring (bicyclic) bond motifs is 1. The van der Waals surface area contributed by atoms with Crippen LogP contribution in [0.3, 0.4) is 0 Å². The summed E-state index contributed by atoms with van der Waals surface area (Å²) in [5.74, 6) is -0.435. The number of hydrogen-bond acceptors (Lipinski definition) is 4. The Labute approximate surface area is 192 Å². The van der Waals surface area contributed by atoms with Crippen LogP contribution in [0.4, 0.5) is 13.2 Å². The number of thioether (sulfide) groups is 1. The molecular formula is C24H19F3N4OS. The molecule has 1 aromatic heterocycles. The molecule has 0 aliphatic carbocycles. The number of para-hydroxylation sites is 2. The second-order valence-corrected chi connectivity index (χ2v) is 8.06. The Bertz CT molecular complexity index is 1290. The first-order chi connectivity index (χ1) is 15.9. The van der Waals surface area contributed by atoms with E-state index >= 15 is 0 Å². The molecule has 4 rings (SSSR count). The molecule has 168 valence electrons. The Balaban J connectivity index is 1.44. The molecular weight excluding hydrogens is 449 g/mol. The highest BCUT2D eigenvalue weighted by atomic mass is 32.2. The number of carbonyl (C=O) groups excluding carboxylic acids is 1. The quantitative estimate of drug-likeness (QED) is 0.226. The molecule has 0 aliphatic heterocycles. The van der Waals surface area contributed by atoms with E-state index in [1.165, 1.54) is 30.0 Å². The molecule has 0 saturated carbocycles. The number of carbonyl (C=O) groups is 1. The number of halogens is 3. The van der Waals surface area contributed by atoms with Crippen LogP contribution in [0.2, 0.25) is 0 Å². The van der Waals surface area contributed by atoms with Crippen LogP contribution < -0.4 is 5.43 Å². The van der Waals surface area contributed by atoms with Crippen molar-refractivity contribution in [2.75, 3.05) is 5.75 Å². The van der Waals surface area contributed by atoms with Gasteiger partial charge in [0.1, 0.15) is 0 Å². The Morgan fingerprint density at radius 2 is 1.70 bits per heavy atom. The summed E-state index contributed by atoms with van der Waals surface area (Å²) in [6, 6.07) is 22.7. The number of nitrogens with one attached hydrogen (secondary N) is 1. The lowest BCUT2D eigenvalue weighted by atomic mass is 10.1. The predicted molar refractivity (Wildman–Crippen MR) is 123 cm³/mol. The second kappa shape index (κ2) is 9.91. The number of hydrogen-bond donors (Lipinski definition) is 1. The Morgan fingerprint density at radius 3 is 2.48 bits per heavy atom. The van der Waals surface area contributed by atoms with Crippen LogP contribution in [-0.2, 0) is 17.5 Å². The van der Waals surface area contributed by atoms with Crippen molar-refractivity contribution in [1.82, 2.24) is 15.0 Å². The zero-order chi connectivity index (χ0) is 23.3. The minimum Gasteiger partial charge on any atom is -0.314 e. The highest BCUT2D eigenvalue weighted by molar-refractivity contribution is 7.99. The molecule has 0 fully saturated rings. The summed E-state index contributed by atoms with van der Waals surface area (Å²) >= 11 is 1.24. The van der Waals surface area contributed by atoms with Gasteiger partial charge in [-0.1, -0.05) is 72.4 Å². The maximum atomic E-state index is 13.1. The van der Waals surface area contributed by atoms with E-state index < -0.39 is 17.6 Å². The van der Waals surface area contributed by atoms with Crippen molar-refractivity contribution >= 4 is 34.9 Å². The van der Waals surface area contributed by atoms with E-state index in [4.69, 9.17) is 0 Å². The lowest BCUT2D eigenvalue weighted by Crippen LogP contribution is -2.20. The van der Waals surface area contributed by atoms with Gasteiger partial charge >= 0.3 is 6.18 Å². The lowest BCUT2D eigenvalue weighted by molar-refractivity contribution is -0.137. The third-order valence-corrected chi connectivity index (χ3v) is 5.77. The molecule has 1 heterocycles. The Kier molecular flexibility index (Phi) is 6.79. The van der Waals surface area contributed by atoms with Gasteiger partial charge < -0.3 is 4.57 Å². The summed E-state index contributed by atoms with van der Waals surface area (Å²) in [6.45, 7) is 0.595. The number of alkyl halides is 3. The van der Waals surface area contributed by atoms with Crippen LogP contribution >= 0.6 is 11.8 Å². The molecule has 1 amide bonds. The topological polar surface area (TPSA) is 59.3 Å². The molecule has 1 N–H and O–H groups in total. The van der Waals surface area contributed by atoms with Gasteiger partial charge in [0.2, 0.25) is 0 Å². The molecule has 0 atom stereocenters. The zero-order valence-electron chi connectivity index (χ0n) is 17.3. The molecule has 0 unspecified atom stereocenters. The highest BCUT2D eigenvalue weighted by Crippen LogP contribution is 2.31. The molecule has 0 radical (unpaired) electrons. The average Bonchev–Trinajstić information content (AvgIpc) is 3.15. The number of nitrogens with zero attached hydrogens (tertiary/aromatic N) is 3. The minimum atomic E-state index is -4.50. The first-order valence-corrected chi connectivity index (χ1v) is 11.0. The van der Waals surface area contributed by atoms with E-state index in [0.29, 0.717) is 11.7 Å². The van der Waals surface area contributed by atoms with Crippen LogP contribution in [-0.4, -0.2) is 27.4 Å². The maximum Gasteiger partial charge on any atom is 0.417 e. The van der Waals surface area contributed by atoms with Gasteiger partial charge in [-0.05, 0) is 23.8 Å². The number of benzene rings is 3. The standard InChI is InChI=1S/C24H19F3N4OS/c25-24(26,27)19-11-5-4-10-18(19)14-28-30-22(32)16-33-23-29-20-12-6-7-13-21(20)31(23)15-17-8-2-1-3-9-17/h1-14H,15-16H2,(H,30,32)/b28-14-. The number of hydrazone groups is 1. The molecule has 4 aromatic rings. The number of amides is 1. The van der Waals surface area contributed by atoms with Crippen molar-refractivity contribution in [3.63, 3.8) is 0 Å². The number of rotatable bonds is 7. The highest BCUT2D eigenvalue weighted by Gasteiger charge is 2.32. The van der Waals surface area contributed by atoms with E-state index in [-0.39, 0.29) is 11.3 Å². The van der Waals surface area contributed by atoms with Gasteiger partial charge in [0, 0.05) is 5.56 Å². The molecule has 5 nitrogen and oxygen atoms in total. The van der Waals surface area contributed by atoms with Crippen LogP contribution in [0.5, 0.6) is 0 Å². The fourth-order valence-electron chi connectivity index (χ4n) is 3.29. The smallest absolute Gasteiger partial charge is 0.314 e. The zero-order valence-corrected chi connectivity index (χ0v) is 18.1.